The molecular weight excluding hydrogens is 274 g/mol. The zero-order chi connectivity index (χ0) is 15.5. The Morgan fingerprint density at radius 3 is 3.00 bits per heavy atom. The number of imidazole rings is 1. The van der Waals surface area contributed by atoms with Gasteiger partial charge in [-0.05, 0) is 36.3 Å². The Labute approximate surface area is 131 Å². The number of hydrogen-bond donors (Lipinski definition) is 0. The second-order valence-electron chi connectivity index (χ2n) is 6.20. The lowest BCUT2D eigenvalue weighted by Crippen LogP contribution is -2.29. The summed E-state index contributed by atoms with van der Waals surface area (Å²) >= 11 is 0. The highest BCUT2D eigenvalue weighted by atomic mass is 16.2. The van der Waals surface area contributed by atoms with Gasteiger partial charge in [-0.2, -0.15) is 0 Å². The van der Waals surface area contributed by atoms with Gasteiger partial charge < -0.3 is 9.47 Å². The number of aryl methyl sites for hydroxylation is 2. The lowest BCUT2D eigenvalue weighted by molar-refractivity contribution is -0.131. The molecule has 0 bridgehead atoms. The highest BCUT2D eigenvalue weighted by Crippen LogP contribution is 2.34. The van der Waals surface area contributed by atoms with Gasteiger partial charge >= 0.3 is 0 Å². The van der Waals surface area contributed by atoms with E-state index in [9.17, 15) is 4.79 Å². The number of fused-ring (bicyclic) bond motifs is 1. The summed E-state index contributed by atoms with van der Waals surface area (Å²) in [6, 6.07) is 8.56. The van der Waals surface area contributed by atoms with Gasteiger partial charge in [0, 0.05) is 32.9 Å². The Morgan fingerprint density at radius 1 is 1.41 bits per heavy atom. The van der Waals surface area contributed by atoms with Crippen LogP contribution in [0.1, 0.15) is 42.1 Å². The summed E-state index contributed by atoms with van der Waals surface area (Å²) in [6.45, 7) is 0.566. The fourth-order valence-electron chi connectivity index (χ4n) is 3.28. The van der Waals surface area contributed by atoms with Crippen LogP contribution in [-0.2, 0) is 24.8 Å². The smallest absolute Gasteiger partial charge is 0.223 e. The topological polar surface area (TPSA) is 38.1 Å². The number of hydrogen-bond acceptors (Lipinski definition) is 2. The molecule has 1 aliphatic carbocycles. The van der Waals surface area contributed by atoms with Crippen molar-refractivity contribution < 1.29 is 4.79 Å². The lowest BCUT2D eigenvalue weighted by Gasteiger charge is -2.27. The normalized spacial score (nSPS) is 17.1. The molecule has 0 saturated heterocycles. The van der Waals surface area contributed by atoms with E-state index in [4.69, 9.17) is 0 Å². The molecule has 1 amide bonds. The Bertz CT molecular complexity index is 662. The van der Waals surface area contributed by atoms with E-state index >= 15 is 0 Å². The van der Waals surface area contributed by atoms with Crippen LogP contribution in [0.3, 0.4) is 0 Å². The summed E-state index contributed by atoms with van der Waals surface area (Å²) in [6.07, 6.45) is 7.70. The maximum atomic E-state index is 12.5. The highest BCUT2D eigenvalue weighted by molar-refractivity contribution is 5.77. The fraction of sp³-hybridized carbons (Fsp3) is 0.444. The zero-order valence-corrected chi connectivity index (χ0v) is 13.3. The summed E-state index contributed by atoms with van der Waals surface area (Å²) < 4.78 is 1.96. The number of nitrogens with zero attached hydrogens (tertiary/aromatic N) is 3. The van der Waals surface area contributed by atoms with Crippen LogP contribution in [0.15, 0.2) is 36.7 Å². The van der Waals surface area contributed by atoms with Gasteiger partial charge in [0.2, 0.25) is 5.91 Å². The molecule has 0 radical (unpaired) electrons. The Kier molecular flexibility index (Phi) is 4.27. The van der Waals surface area contributed by atoms with Crippen LogP contribution < -0.4 is 0 Å². The minimum absolute atomic E-state index is 0.199. The third-order valence-corrected chi connectivity index (χ3v) is 4.64. The minimum Gasteiger partial charge on any atom is -0.338 e. The largest absolute Gasteiger partial charge is 0.338 e. The second kappa shape index (κ2) is 6.34. The third kappa shape index (κ3) is 3.06. The number of aromatic nitrogens is 2. The van der Waals surface area contributed by atoms with Gasteiger partial charge in [-0.3, -0.25) is 4.79 Å². The molecule has 0 aliphatic heterocycles. The summed E-state index contributed by atoms with van der Waals surface area (Å²) in [5, 5.41) is 0. The zero-order valence-electron chi connectivity index (χ0n) is 13.3. The molecule has 0 spiro atoms. The highest BCUT2D eigenvalue weighted by Gasteiger charge is 2.24. The first-order chi connectivity index (χ1) is 10.6. The number of carbonyl (C=O) groups excluding carboxylic acids is 1. The molecule has 3 rings (SSSR count). The molecular formula is C18H23N3O. The van der Waals surface area contributed by atoms with E-state index in [0.29, 0.717) is 18.9 Å². The van der Waals surface area contributed by atoms with Crippen molar-refractivity contribution in [1.29, 1.82) is 0 Å². The molecule has 0 saturated carbocycles. The van der Waals surface area contributed by atoms with Crippen molar-refractivity contribution in [2.24, 2.45) is 7.05 Å². The molecule has 22 heavy (non-hydrogen) atoms. The fourth-order valence-corrected chi connectivity index (χ4v) is 3.28. The predicted molar refractivity (Wildman–Crippen MR) is 86.4 cm³/mol. The molecule has 1 aliphatic rings. The van der Waals surface area contributed by atoms with Gasteiger partial charge in [-0.1, -0.05) is 24.3 Å². The molecule has 2 aromatic rings. The van der Waals surface area contributed by atoms with E-state index in [2.05, 4.69) is 29.2 Å². The molecule has 1 atom stereocenters. The Balaban J connectivity index is 1.66. The van der Waals surface area contributed by atoms with Gasteiger partial charge in [0.1, 0.15) is 5.82 Å². The van der Waals surface area contributed by atoms with E-state index in [1.807, 2.05) is 24.9 Å². The number of rotatable bonds is 4. The van der Waals surface area contributed by atoms with Crippen LogP contribution in [-0.4, -0.2) is 27.4 Å². The van der Waals surface area contributed by atoms with Crippen molar-refractivity contribution in [3.8, 4) is 0 Å². The monoisotopic (exact) mass is 297 g/mol. The van der Waals surface area contributed by atoms with Gasteiger partial charge in [-0.15, -0.1) is 0 Å². The van der Waals surface area contributed by atoms with Crippen LogP contribution in [0.5, 0.6) is 0 Å². The maximum Gasteiger partial charge on any atom is 0.223 e. The van der Waals surface area contributed by atoms with E-state index < -0.39 is 0 Å². The first-order valence-corrected chi connectivity index (χ1v) is 7.93. The molecule has 1 aromatic heterocycles. The van der Waals surface area contributed by atoms with E-state index in [0.717, 1.165) is 18.7 Å². The number of benzene rings is 1. The standard InChI is InChI=1S/C18H23N3O/c1-20-11-10-19-17(20)13-21(2)18(22)12-15-8-5-7-14-6-3-4-9-16(14)15/h3-4,6,9-11,15H,5,7-8,12-13H2,1-2H3/t15-/m1/s1. The van der Waals surface area contributed by atoms with Crippen molar-refractivity contribution in [3.63, 3.8) is 0 Å². The molecule has 0 unspecified atom stereocenters. The predicted octanol–water partition coefficient (Wildman–Crippen LogP) is 2.89. The van der Waals surface area contributed by atoms with Gasteiger partial charge in [0.15, 0.2) is 0 Å². The lowest BCUT2D eigenvalue weighted by atomic mass is 9.81. The van der Waals surface area contributed by atoms with E-state index in [1.54, 1.807) is 11.1 Å². The van der Waals surface area contributed by atoms with Crippen LogP contribution in [0, 0.1) is 0 Å². The summed E-state index contributed by atoms with van der Waals surface area (Å²) in [4.78, 5) is 18.6. The van der Waals surface area contributed by atoms with Crippen LogP contribution in [0.4, 0.5) is 0 Å². The van der Waals surface area contributed by atoms with Crippen LogP contribution in [0.2, 0.25) is 0 Å². The molecule has 1 heterocycles. The molecule has 4 nitrogen and oxygen atoms in total. The number of amides is 1. The first-order valence-electron chi connectivity index (χ1n) is 7.93. The van der Waals surface area contributed by atoms with E-state index in [-0.39, 0.29) is 5.91 Å². The Hall–Kier alpha value is -2.10. The maximum absolute atomic E-state index is 12.5. The van der Waals surface area contributed by atoms with Crippen LogP contribution in [0.25, 0.3) is 0 Å². The quantitative estimate of drug-likeness (QED) is 0.870. The summed E-state index contributed by atoms with van der Waals surface area (Å²) in [7, 11) is 3.82. The first kappa shape index (κ1) is 14.8. The Morgan fingerprint density at radius 2 is 2.23 bits per heavy atom. The summed E-state index contributed by atoms with van der Waals surface area (Å²) in [5.74, 6) is 1.48. The van der Waals surface area contributed by atoms with Gasteiger partial charge in [0.05, 0.1) is 6.54 Å². The number of carbonyl (C=O) groups is 1. The van der Waals surface area contributed by atoms with Crippen molar-refractivity contribution in [2.75, 3.05) is 7.05 Å². The van der Waals surface area contributed by atoms with Crippen molar-refractivity contribution in [2.45, 2.75) is 38.1 Å². The van der Waals surface area contributed by atoms with Crippen molar-refractivity contribution in [1.82, 2.24) is 14.5 Å². The van der Waals surface area contributed by atoms with Crippen molar-refractivity contribution >= 4 is 5.91 Å². The third-order valence-electron chi connectivity index (χ3n) is 4.64. The second-order valence-corrected chi connectivity index (χ2v) is 6.20. The van der Waals surface area contributed by atoms with Crippen LogP contribution >= 0.6 is 0 Å². The average molecular weight is 297 g/mol. The SMILES string of the molecule is CN(Cc1nccn1C)C(=O)C[C@H]1CCCc2ccccc21. The van der Waals surface area contributed by atoms with Gasteiger partial charge in [0.25, 0.3) is 0 Å². The van der Waals surface area contributed by atoms with Crippen molar-refractivity contribution in [3.05, 3.63) is 53.6 Å². The molecule has 0 fully saturated rings. The molecule has 1 aromatic carbocycles. The molecule has 116 valence electrons. The minimum atomic E-state index is 0.199. The van der Waals surface area contributed by atoms with E-state index in [1.165, 1.54) is 17.5 Å². The van der Waals surface area contributed by atoms with Gasteiger partial charge in [-0.25, -0.2) is 4.98 Å². The summed E-state index contributed by atoms with van der Waals surface area (Å²) in [5.41, 5.74) is 2.78. The molecule has 0 N–H and O–H groups in total. The molecule has 4 heteroatoms. The average Bonchev–Trinajstić information content (AvgIpc) is 2.93.